The van der Waals surface area contributed by atoms with Crippen LogP contribution in [0.3, 0.4) is 0 Å². The lowest BCUT2D eigenvalue weighted by atomic mass is 10.1. The van der Waals surface area contributed by atoms with Gasteiger partial charge < -0.3 is 10.1 Å². The van der Waals surface area contributed by atoms with Crippen LogP contribution in [0, 0.1) is 0 Å². The van der Waals surface area contributed by atoms with Crippen molar-refractivity contribution in [1.82, 2.24) is 9.78 Å². The molecule has 0 fully saturated rings. The predicted molar refractivity (Wildman–Crippen MR) is 119 cm³/mol. The minimum Gasteiger partial charge on any atom is -0.423 e. The number of hydrogen-bond acceptors (Lipinski definition) is 4. The molecule has 0 saturated carbocycles. The van der Waals surface area contributed by atoms with Crippen LogP contribution < -0.4 is 10.1 Å². The Hall–Kier alpha value is -3.90. The largest absolute Gasteiger partial charge is 0.423 e. The van der Waals surface area contributed by atoms with E-state index >= 15 is 0 Å². The van der Waals surface area contributed by atoms with Gasteiger partial charge in [0.15, 0.2) is 0 Å². The number of ether oxygens (including phenoxy) is 1. The van der Waals surface area contributed by atoms with Gasteiger partial charge in [-0.25, -0.2) is 4.79 Å². The molecule has 0 aliphatic rings. The van der Waals surface area contributed by atoms with E-state index in [-0.39, 0.29) is 5.91 Å². The first kappa shape index (κ1) is 20.4. The second-order valence-corrected chi connectivity index (χ2v) is 7.16. The summed E-state index contributed by atoms with van der Waals surface area (Å²) in [5.41, 5.74) is 2.42. The van der Waals surface area contributed by atoms with Crippen molar-refractivity contribution >= 4 is 29.2 Å². The van der Waals surface area contributed by atoms with Crippen molar-refractivity contribution in [1.29, 1.82) is 0 Å². The Balaban J connectivity index is 1.35. The fourth-order valence-corrected chi connectivity index (χ4v) is 3.16. The highest BCUT2D eigenvalue weighted by molar-refractivity contribution is 6.34. The molecule has 0 aliphatic carbocycles. The molecule has 1 aromatic heterocycles. The lowest BCUT2D eigenvalue weighted by Crippen LogP contribution is -2.12. The molecule has 1 amide bonds. The zero-order chi connectivity index (χ0) is 21.6. The van der Waals surface area contributed by atoms with Crippen molar-refractivity contribution in [2.75, 3.05) is 5.32 Å². The minimum atomic E-state index is -0.460. The Bertz CT molecular complexity index is 1190. The number of nitrogens with zero attached hydrogens (tertiary/aromatic N) is 2. The summed E-state index contributed by atoms with van der Waals surface area (Å²) < 4.78 is 7.22. The molecule has 6 nitrogen and oxygen atoms in total. The van der Waals surface area contributed by atoms with Gasteiger partial charge in [-0.15, -0.1) is 0 Å². The Morgan fingerprint density at radius 3 is 2.35 bits per heavy atom. The van der Waals surface area contributed by atoms with E-state index in [0.29, 0.717) is 34.1 Å². The van der Waals surface area contributed by atoms with Crippen molar-refractivity contribution in [3.8, 4) is 5.75 Å². The van der Waals surface area contributed by atoms with Crippen LogP contribution in [0.5, 0.6) is 5.75 Å². The van der Waals surface area contributed by atoms with Crippen LogP contribution in [0.15, 0.2) is 91.3 Å². The first-order chi connectivity index (χ1) is 15.1. The molecule has 4 rings (SSSR count). The first-order valence-electron chi connectivity index (χ1n) is 9.53. The van der Waals surface area contributed by atoms with E-state index in [1.807, 2.05) is 24.4 Å². The molecule has 0 atom stereocenters. The smallest absolute Gasteiger partial charge is 0.343 e. The summed E-state index contributed by atoms with van der Waals surface area (Å²) in [6.07, 6.45) is 3.60. The number of hydrogen-bond donors (Lipinski definition) is 1. The van der Waals surface area contributed by atoms with Crippen molar-refractivity contribution in [3.63, 3.8) is 0 Å². The lowest BCUT2D eigenvalue weighted by Gasteiger charge is -2.09. The van der Waals surface area contributed by atoms with Crippen LogP contribution in [-0.2, 0) is 6.54 Å². The van der Waals surface area contributed by atoms with Gasteiger partial charge in [0.25, 0.3) is 5.91 Å². The molecule has 1 heterocycles. The van der Waals surface area contributed by atoms with Crippen molar-refractivity contribution < 1.29 is 14.3 Å². The maximum atomic E-state index is 12.4. The van der Waals surface area contributed by atoms with E-state index in [0.717, 1.165) is 5.56 Å². The number of anilines is 1. The second kappa shape index (κ2) is 9.28. The third-order valence-electron chi connectivity index (χ3n) is 4.53. The Morgan fingerprint density at radius 1 is 0.935 bits per heavy atom. The third-order valence-corrected chi connectivity index (χ3v) is 4.86. The zero-order valence-corrected chi connectivity index (χ0v) is 17.1. The lowest BCUT2D eigenvalue weighted by molar-refractivity contribution is 0.0734. The molecule has 4 aromatic rings. The molecule has 0 radical (unpaired) electrons. The van der Waals surface area contributed by atoms with Gasteiger partial charge in [0, 0.05) is 18.1 Å². The number of halogens is 1. The molecule has 1 N–H and O–H groups in total. The molecule has 31 heavy (non-hydrogen) atoms. The van der Waals surface area contributed by atoms with E-state index < -0.39 is 5.97 Å². The third kappa shape index (κ3) is 5.18. The molecular weight excluding hydrogens is 414 g/mol. The van der Waals surface area contributed by atoms with E-state index in [1.54, 1.807) is 71.5 Å². The number of rotatable bonds is 6. The maximum absolute atomic E-state index is 12.4. The monoisotopic (exact) mass is 431 g/mol. The van der Waals surface area contributed by atoms with E-state index in [9.17, 15) is 9.59 Å². The summed E-state index contributed by atoms with van der Waals surface area (Å²) >= 11 is 6.05. The summed E-state index contributed by atoms with van der Waals surface area (Å²) in [5, 5.41) is 7.30. The SMILES string of the molecule is O=C(Oc1ccc(NC(=O)c2ccccc2Cl)cc1)c1ccc(Cn2cccn2)cc1. The van der Waals surface area contributed by atoms with Crippen LogP contribution in [0.25, 0.3) is 0 Å². The first-order valence-corrected chi connectivity index (χ1v) is 9.91. The van der Waals surface area contributed by atoms with Crippen LogP contribution >= 0.6 is 11.6 Å². The molecule has 0 spiro atoms. The second-order valence-electron chi connectivity index (χ2n) is 6.75. The molecule has 0 unspecified atom stereocenters. The topological polar surface area (TPSA) is 73.2 Å². The van der Waals surface area contributed by atoms with Gasteiger partial charge in [0.05, 0.1) is 22.7 Å². The van der Waals surface area contributed by atoms with Crippen molar-refractivity contribution in [3.05, 3.63) is 113 Å². The highest BCUT2D eigenvalue weighted by Crippen LogP contribution is 2.20. The molecule has 7 heteroatoms. The van der Waals surface area contributed by atoms with Gasteiger partial charge in [-0.2, -0.15) is 5.10 Å². The van der Waals surface area contributed by atoms with Crippen LogP contribution in [0.4, 0.5) is 5.69 Å². The van der Waals surface area contributed by atoms with Gasteiger partial charge in [0.2, 0.25) is 0 Å². The van der Waals surface area contributed by atoms with Crippen LogP contribution in [-0.4, -0.2) is 21.7 Å². The molecule has 0 bridgehead atoms. The van der Waals surface area contributed by atoms with Gasteiger partial charge in [0.1, 0.15) is 5.75 Å². The van der Waals surface area contributed by atoms with Crippen molar-refractivity contribution in [2.45, 2.75) is 6.54 Å². The molecule has 154 valence electrons. The molecule has 0 saturated heterocycles. The Morgan fingerprint density at radius 2 is 1.68 bits per heavy atom. The highest BCUT2D eigenvalue weighted by Gasteiger charge is 2.11. The average Bonchev–Trinajstić information content (AvgIpc) is 3.29. The summed E-state index contributed by atoms with van der Waals surface area (Å²) in [6, 6.07) is 22.4. The minimum absolute atomic E-state index is 0.314. The standard InChI is InChI=1S/C24H18ClN3O3/c25-22-5-2-1-4-21(22)23(29)27-19-10-12-20(13-11-19)31-24(30)18-8-6-17(7-9-18)16-28-15-3-14-26-28/h1-15H,16H2,(H,27,29). The number of aromatic nitrogens is 2. The Kier molecular flexibility index (Phi) is 6.10. The normalized spacial score (nSPS) is 10.5. The summed E-state index contributed by atoms with van der Waals surface area (Å²) in [7, 11) is 0. The van der Waals surface area contributed by atoms with Gasteiger partial charge in [-0.1, -0.05) is 35.9 Å². The van der Waals surface area contributed by atoms with Crippen molar-refractivity contribution in [2.24, 2.45) is 0 Å². The maximum Gasteiger partial charge on any atom is 0.343 e. The number of nitrogens with one attached hydrogen (secondary N) is 1. The number of amides is 1. The molecular formula is C24H18ClN3O3. The van der Waals surface area contributed by atoms with E-state index in [2.05, 4.69) is 10.4 Å². The molecule has 3 aromatic carbocycles. The highest BCUT2D eigenvalue weighted by atomic mass is 35.5. The fraction of sp³-hybridized carbons (Fsp3) is 0.0417. The number of carbonyl (C=O) groups is 2. The fourth-order valence-electron chi connectivity index (χ4n) is 2.94. The predicted octanol–water partition coefficient (Wildman–Crippen LogP) is 5.06. The zero-order valence-electron chi connectivity index (χ0n) is 16.4. The Labute approximate surface area is 184 Å². The number of esters is 1. The van der Waals surface area contributed by atoms with Gasteiger partial charge in [-0.3, -0.25) is 9.48 Å². The van der Waals surface area contributed by atoms with Crippen LogP contribution in [0.2, 0.25) is 5.02 Å². The summed E-state index contributed by atoms with van der Waals surface area (Å²) in [6.45, 7) is 0.629. The average molecular weight is 432 g/mol. The van der Waals surface area contributed by atoms with Gasteiger partial charge >= 0.3 is 5.97 Å². The van der Waals surface area contributed by atoms with E-state index in [4.69, 9.17) is 16.3 Å². The van der Waals surface area contributed by atoms with Gasteiger partial charge in [-0.05, 0) is 60.2 Å². The van der Waals surface area contributed by atoms with Crippen LogP contribution in [0.1, 0.15) is 26.3 Å². The summed E-state index contributed by atoms with van der Waals surface area (Å²) in [5.74, 6) is -0.398. The summed E-state index contributed by atoms with van der Waals surface area (Å²) in [4.78, 5) is 24.7. The molecule has 0 aliphatic heterocycles. The number of carbonyl (C=O) groups excluding carboxylic acids is 2. The number of benzene rings is 3. The van der Waals surface area contributed by atoms with E-state index in [1.165, 1.54) is 0 Å². The quantitative estimate of drug-likeness (QED) is 0.342.